The largest absolute Gasteiger partial charge is 0.468 e. The molecule has 0 fully saturated rings. The van der Waals surface area contributed by atoms with Gasteiger partial charge in [-0.15, -0.1) is 0 Å². The number of carbonyl (C=O) groups excluding carboxylic acids is 2. The lowest BCUT2D eigenvalue weighted by Crippen LogP contribution is -2.28. The highest BCUT2D eigenvalue weighted by Crippen LogP contribution is 2.17. The topological polar surface area (TPSA) is 116 Å². The minimum absolute atomic E-state index is 0.208. The Morgan fingerprint density at radius 2 is 2.00 bits per heavy atom. The number of hydrogen-bond donors (Lipinski definition) is 2. The Kier molecular flexibility index (Phi) is 5.03. The second-order valence-electron chi connectivity index (χ2n) is 3.90. The van der Waals surface area contributed by atoms with Gasteiger partial charge >= 0.3 is 5.97 Å². The third-order valence-corrected chi connectivity index (χ3v) is 3.56. The Labute approximate surface area is 114 Å². The van der Waals surface area contributed by atoms with Gasteiger partial charge in [-0.25, -0.2) is 12.8 Å². The van der Waals surface area contributed by atoms with Crippen LogP contribution in [-0.4, -0.2) is 38.9 Å². The predicted octanol–water partition coefficient (Wildman–Crippen LogP) is -0.0658. The summed E-state index contributed by atoms with van der Waals surface area (Å²) in [7, 11) is -2.95. The Morgan fingerprint density at radius 3 is 2.60 bits per heavy atom. The number of benzene rings is 1. The van der Waals surface area contributed by atoms with Crippen LogP contribution < -0.4 is 11.1 Å². The van der Waals surface area contributed by atoms with Crippen molar-refractivity contribution in [2.75, 3.05) is 29.7 Å². The molecule has 20 heavy (non-hydrogen) atoms. The maximum Gasteiger partial charge on any atom is 0.320 e. The molecule has 1 aromatic rings. The summed E-state index contributed by atoms with van der Waals surface area (Å²) in [5.74, 6) is -4.59. The predicted molar refractivity (Wildman–Crippen MR) is 70.1 cm³/mol. The fourth-order valence-corrected chi connectivity index (χ4v) is 2.36. The minimum Gasteiger partial charge on any atom is -0.468 e. The van der Waals surface area contributed by atoms with Gasteiger partial charge in [0.2, 0.25) is 5.91 Å². The van der Waals surface area contributed by atoms with Crippen LogP contribution in [0.1, 0.15) is 0 Å². The van der Waals surface area contributed by atoms with Crippen LogP contribution in [-0.2, 0) is 24.2 Å². The number of esters is 1. The number of methoxy groups -OCH3 is 1. The average Bonchev–Trinajstić information content (AvgIpc) is 2.32. The zero-order valence-corrected chi connectivity index (χ0v) is 11.4. The number of anilines is 2. The van der Waals surface area contributed by atoms with E-state index in [9.17, 15) is 22.4 Å². The highest BCUT2D eigenvalue weighted by molar-refractivity contribution is 7.92. The SMILES string of the molecule is COC(=O)CS(=O)(=O)CC(=O)Nc1cc(N)ccc1F. The quantitative estimate of drug-likeness (QED) is 0.581. The van der Waals surface area contributed by atoms with Crippen LogP contribution in [0.3, 0.4) is 0 Å². The molecular formula is C11H13FN2O5S. The fourth-order valence-electron chi connectivity index (χ4n) is 1.31. The van der Waals surface area contributed by atoms with E-state index in [1.165, 1.54) is 6.07 Å². The molecule has 0 aliphatic rings. The molecule has 0 aliphatic heterocycles. The molecule has 1 amide bonds. The van der Waals surface area contributed by atoms with Gasteiger partial charge in [-0.2, -0.15) is 0 Å². The Morgan fingerprint density at radius 1 is 1.35 bits per heavy atom. The smallest absolute Gasteiger partial charge is 0.320 e. The Bertz CT molecular complexity index is 630. The molecule has 7 nitrogen and oxygen atoms in total. The maximum absolute atomic E-state index is 13.3. The van der Waals surface area contributed by atoms with E-state index >= 15 is 0 Å². The third kappa shape index (κ3) is 4.84. The number of nitrogen functional groups attached to an aromatic ring is 1. The van der Waals surface area contributed by atoms with E-state index < -0.39 is 39.0 Å². The number of amides is 1. The van der Waals surface area contributed by atoms with E-state index in [0.717, 1.165) is 19.2 Å². The summed E-state index contributed by atoms with van der Waals surface area (Å²) in [6, 6.07) is 3.48. The van der Waals surface area contributed by atoms with Crippen LogP contribution in [0.2, 0.25) is 0 Å². The number of sulfone groups is 1. The van der Waals surface area contributed by atoms with Crippen molar-refractivity contribution in [2.45, 2.75) is 0 Å². The minimum atomic E-state index is -3.98. The third-order valence-electron chi connectivity index (χ3n) is 2.18. The van der Waals surface area contributed by atoms with Gasteiger partial charge in [0, 0.05) is 5.69 Å². The normalized spacial score (nSPS) is 10.9. The monoisotopic (exact) mass is 304 g/mol. The summed E-state index contributed by atoms with van der Waals surface area (Å²) in [4.78, 5) is 22.4. The molecule has 0 radical (unpaired) electrons. The number of nitrogens with two attached hydrogens (primary N) is 1. The van der Waals surface area contributed by atoms with Crippen molar-refractivity contribution in [3.8, 4) is 0 Å². The second kappa shape index (κ2) is 6.33. The molecule has 0 aromatic heterocycles. The first-order chi connectivity index (χ1) is 9.23. The van der Waals surface area contributed by atoms with Crippen molar-refractivity contribution < 1.29 is 27.1 Å². The van der Waals surface area contributed by atoms with Gasteiger partial charge in [-0.05, 0) is 18.2 Å². The van der Waals surface area contributed by atoms with Crippen molar-refractivity contribution in [1.29, 1.82) is 0 Å². The molecule has 1 rings (SSSR count). The average molecular weight is 304 g/mol. The molecule has 0 atom stereocenters. The summed E-state index contributed by atoms with van der Waals surface area (Å²) in [5.41, 5.74) is 5.39. The standard InChI is InChI=1S/C11H13FN2O5S/c1-19-11(16)6-20(17,18)5-10(15)14-9-4-7(13)2-3-8(9)12/h2-4H,5-6,13H2,1H3,(H,14,15). The van der Waals surface area contributed by atoms with Crippen LogP contribution in [0.25, 0.3) is 0 Å². The molecule has 3 N–H and O–H groups in total. The maximum atomic E-state index is 13.3. The molecule has 0 bridgehead atoms. The van der Waals surface area contributed by atoms with Crippen LogP contribution >= 0.6 is 0 Å². The van der Waals surface area contributed by atoms with E-state index in [1.807, 2.05) is 0 Å². The number of halogens is 1. The first kappa shape index (κ1) is 15.9. The van der Waals surface area contributed by atoms with Gasteiger partial charge in [0.15, 0.2) is 9.84 Å². The van der Waals surface area contributed by atoms with Crippen molar-refractivity contribution in [3.63, 3.8) is 0 Å². The fraction of sp³-hybridized carbons (Fsp3) is 0.273. The summed E-state index contributed by atoms with van der Waals surface area (Å²) < 4.78 is 40.5. The molecule has 0 saturated carbocycles. The van der Waals surface area contributed by atoms with Gasteiger partial charge in [0.1, 0.15) is 17.3 Å². The summed E-state index contributed by atoms with van der Waals surface area (Å²) in [6.45, 7) is 0. The van der Waals surface area contributed by atoms with Crippen molar-refractivity contribution in [3.05, 3.63) is 24.0 Å². The van der Waals surface area contributed by atoms with Crippen LogP contribution in [0, 0.1) is 5.82 Å². The Hall–Kier alpha value is -2.16. The second-order valence-corrected chi connectivity index (χ2v) is 5.96. The lowest BCUT2D eigenvalue weighted by molar-refractivity contribution is -0.137. The van der Waals surface area contributed by atoms with Crippen LogP contribution in [0.4, 0.5) is 15.8 Å². The molecule has 0 heterocycles. The number of rotatable bonds is 5. The lowest BCUT2D eigenvalue weighted by atomic mass is 10.2. The number of hydrogen-bond acceptors (Lipinski definition) is 6. The molecule has 1 aromatic carbocycles. The van der Waals surface area contributed by atoms with E-state index in [4.69, 9.17) is 5.73 Å². The van der Waals surface area contributed by atoms with E-state index in [0.29, 0.717) is 0 Å². The zero-order valence-electron chi connectivity index (χ0n) is 10.6. The lowest BCUT2D eigenvalue weighted by Gasteiger charge is -2.07. The van der Waals surface area contributed by atoms with Gasteiger partial charge < -0.3 is 15.8 Å². The van der Waals surface area contributed by atoms with Crippen LogP contribution in [0.15, 0.2) is 18.2 Å². The summed E-state index contributed by atoms with van der Waals surface area (Å²) in [5, 5.41) is 2.07. The van der Waals surface area contributed by atoms with Gasteiger partial charge in [0.25, 0.3) is 0 Å². The zero-order chi connectivity index (χ0) is 15.3. The number of carbonyl (C=O) groups is 2. The van der Waals surface area contributed by atoms with Crippen molar-refractivity contribution in [2.24, 2.45) is 0 Å². The Balaban J connectivity index is 2.73. The number of ether oxygens (including phenoxy) is 1. The molecule has 0 aliphatic carbocycles. The highest BCUT2D eigenvalue weighted by atomic mass is 32.2. The van der Waals surface area contributed by atoms with Gasteiger partial charge in [0.05, 0.1) is 12.8 Å². The van der Waals surface area contributed by atoms with Gasteiger partial charge in [-0.3, -0.25) is 9.59 Å². The molecule has 9 heteroatoms. The summed E-state index contributed by atoms with van der Waals surface area (Å²) in [6.07, 6.45) is 0. The number of nitrogens with one attached hydrogen (secondary N) is 1. The molecule has 0 unspecified atom stereocenters. The van der Waals surface area contributed by atoms with Crippen molar-refractivity contribution >= 4 is 33.1 Å². The van der Waals surface area contributed by atoms with Gasteiger partial charge in [-0.1, -0.05) is 0 Å². The summed E-state index contributed by atoms with van der Waals surface area (Å²) >= 11 is 0. The first-order valence-corrected chi connectivity index (χ1v) is 7.18. The van der Waals surface area contributed by atoms with Crippen LogP contribution in [0.5, 0.6) is 0 Å². The molecular weight excluding hydrogens is 291 g/mol. The van der Waals surface area contributed by atoms with Crippen molar-refractivity contribution in [1.82, 2.24) is 0 Å². The molecule has 0 saturated heterocycles. The first-order valence-electron chi connectivity index (χ1n) is 5.35. The van der Waals surface area contributed by atoms with E-state index in [2.05, 4.69) is 10.1 Å². The molecule has 110 valence electrons. The van der Waals surface area contributed by atoms with E-state index in [-0.39, 0.29) is 11.4 Å². The van der Waals surface area contributed by atoms with E-state index in [1.54, 1.807) is 0 Å². The highest BCUT2D eigenvalue weighted by Gasteiger charge is 2.21. The molecule has 0 spiro atoms.